The van der Waals surface area contributed by atoms with Crippen molar-refractivity contribution in [3.63, 3.8) is 0 Å². The lowest BCUT2D eigenvalue weighted by Crippen LogP contribution is -2.54. The average molecular weight is 930 g/mol. The number of amides is 1. The summed E-state index contributed by atoms with van der Waals surface area (Å²) in [7, 11) is -4.63. The number of sulfonamides is 1. The molecule has 2 aromatic heterocycles. The van der Waals surface area contributed by atoms with Crippen LogP contribution >= 0.6 is 0 Å². The molecule has 0 radical (unpaired) electrons. The van der Waals surface area contributed by atoms with Crippen molar-refractivity contribution in [1.29, 1.82) is 0 Å². The van der Waals surface area contributed by atoms with Gasteiger partial charge in [-0.2, -0.15) is 0 Å². The minimum absolute atomic E-state index is 0.0170. The van der Waals surface area contributed by atoms with Crippen LogP contribution < -0.4 is 24.4 Å². The number of piperidine rings is 1. The average Bonchev–Trinajstić information content (AvgIpc) is 3.94. The van der Waals surface area contributed by atoms with E-state index in [9.17, 15) is 23.3 Å². The van der Waals surface area contributed by atoms with Gasteiger partial charge in [0.1, 0.15) is 23.8 Å². The van der Waals surface area contributed by atoms with Crippen LogP contribution in [-0.2, 0) is 10.0 Å². The molecule has 2 aliphatic carbocycles. The number of aromatic nitrogens is 2. The van der Waals surface area contributed by atoms with E-state index in [-0.39, 0.29) is 46.7 Å². The standard InChI is InChI=1S/C52H63N7O7S/c1-32(2)39-9-6-7-10-40(39)44-11-8-20-58(44)36-27-52(28-36)18-21-57(22-19-52)35-12-13-41(46(23-35)66-37-24-42-33(3)29-53-49(42)54-30-37)50(60)56-67(63,64)38-25-45(59(61)62)48-47(26-38)65-31-43(55-48)34-14-16-51(4,5)17-15-34/h6-7,9-10,12-13,23-26,29-30,32,34,36,43-44,55H,8,11,14-22,27-28,31H2,1-5H3,(H,53,54)(H,56,60)/t43-,44+/m1/s1. The highest BCUT2D eigenvalue weighted by Crippen LogP contribution is 2.54. The van der Waals surface area contributed by atoms with E-state index in [1.165, 1.54) is 42.9 Å². The monoisotopic (exact) mass is 929 g/mol. The highest BCUT2D eigenvalue weighted by atomic mass is 32.2. The number of aryl methyl sites for hydroxylation is 1. The van der Waals surface area contributed by atoms with Gasteiger partial charge in [0.2, 0.25) is 0 Å². The third-order valence-electron chi connectivity index (χ3n) is 15.9. The fourth-order valence-electron chi connectivity index (χ4n) is 11.9. The smallest absolute Gasteiger partial charge is 0.297 e. The lowest BCUT2D eigenvalue weighted by molar-refractivity contribution is -0.384. The van der Waals surface area contributed by atoms with Crippen molar-refractivity contribution in [2.75, 3.05) is 36.5 Å². The highest BCUT2D eigenvalue weighted by molar-refractivity contribution is 7.90. The maximum Gasteiger partial charge on any atom is 0.297 e. The topological polar surface area (TPSA) is 172 Å². The molecule has 5 aromatic rings. The molecule has 14 nitrogen and oxygen atoms in total. The van der Waals surface area contributed by atoms with Gasteiger partial charge < -0.3 is 24.7 Å². The number of hydrogen-bond donors (Lipinski definition) is 3. The van der Waals surface area contributed by atoms with E-state index in [0.717, 1.165) is 80.9 Å². The molecule has 2 saturated heterocycles. The number of nitro benzene ring substituents is 1. The van der Waals surface area contributed by atoms with E-state index >= 15 is 0 Å². The third kappa shape index (κ3) is 8.85. The maximum atomic E-state index is 14.2. The first-order chi connectivity index (χ1) is 32.1. The van der Waals surface area contributed by atoms with Crippen LogP contribution in [0.2, 0.25) is 0 Å². The normalized spacial score (nSPS) is 22.0. The summed E-state index contributed by atoms with van der Waals surface area (Å²) < 4.78 is 42.7. The third-order valence-corrected chi connectivity index (χ3v) is 17.2. The zero-order valence-corrected chi connectivity index (χ0v) is 40.1. The molecule has 0 bridgehead atoms. The van der Waals surface area contributed by atoms with Gasteiger partial charge in [-0.15, -0.1) is 0 Å². The van der Waals surface area contributed by atoms with Crippen molar-refractivity contribution < 1.29 is 27.6 Å². The molecule has 0 unspecified atom stereocenters. The number of aromatic amines is 1. The Kier molecular flexibility index (Phi) is 11.8. The number of pyridine rings is 1. The van der Waals surface area contributed by atoms with Gasteiger partial charge in [0.15, 0.2) is 11.4 Å². The van der Waals surface area contributed by atoms with E-state index in [1.54, 1.807) is 18.3 Å². The summed E-state index contributed by atoms with van der Waals surface area (Å²) in [5.41, 5.74) is 5.74. The molecular weight excluding hydrogens is 867 g/mol. The van der Waals surface area contributed by atoms with Crippen LogP contribution in [0.4, 0.5) is 17.1 Å². The highest BCUT2D eigenvalue weighted by Gasteiger charge is 2.50. The molecule has 67 heavy (non-hydrogen) atoms. The number of benzene rings is 3. The second-order valence-electron chi connectivity index (χ2n) is 21.1. The van der Waals surface area contributed by atoms with Gasteiger partial charge in [0.25, 0.3) is 21.6 Å². The zero-order chi connectivity index (χ0) is 46.8. The minimum atomic E-state index is -4.63. The second-order valence-corrected chi connectivity index (χ2v) is 22.8. The van der Waals surface area contributed by atoms with Crippen LogP contribution in [0.3, 0.4) is 0 Å². The summed E-state index contributed by atoms with van der Waals surface area (Å²) >= 11 is 0. The summed E-state index contributed by atoms with van der Waals surface area (Å²) in [6, 6.07) is 19.2. The number of likely N-dealkylation sites (tertiary alicyclic amines) is 1. The Hall–Kier alpha value is -5.67. The van der Waals surface area contributed by atoms with E-state index < -0.39 is 31.4 Å². The molecule has 3 aliphatic heterocycles. The van der Waals surface area contributed by atoms with Crippen molar-refractivity contribution in [2.45, 2.75) is 128 Å². The number of fused-ring (bicyclic) bond motifs is 2. The molecule has 10 rings (SSSR count). The predicted octanol–water partition coefficient (Wildman–Crippen LogP) is 10.8. The fraction of sp³-hybridized carbons (Fsp3) is 0.500. The predicted molar refractivity (Wildman–Crippen MR) is 260 cm³/mol. The van der Waals surface area contributed by atoms with E-state index in [4.69, 9.17) is 9.47 Å². The van der Waals surface area contributed by atoms with Crippen LogP contribution in [0.15, 0.2) is 78.0 Å². The molecular formula is C52H63N7O7S. The summed E-state index contributed by atoms with van der Waals surface area (Å²) in [6.07, 6.45) is 14.4. The first kappa shape index (κ1) is 45.1. The van der Waals surface area contributed by atoms with E-state index in [2.05, 4.69) is 81.8 Å². The Balaban J connectivity index is 0.863. The molecule has 1 spiro atoms. The molecule has 2 saturated carbocycles. The van der Waals surface area contributed by atoms with Gasteiger partial charge in [0.05, 0.1) is 27.6 Å². The van der Waals surface area contributed by atoms with E-state index in [1.807, 2.05) is 25.3 Å². The molecule has 3 aromatic carbocycles. The van der Waals surface area contributed by atoms with Crippen molar-refractivity contribution in [1.82, 2.24) is 19.6 Å². The van der Waals surface area contributed by atoms with Crippen LogP contribution in [0.1, 0.15) is 131 Å². The number of carbonyl (C=O) groups excluding carboxylic acids is 1. The summed E-state index contributed by atoms with van der Waals surface area (Å²) in [5.74, 6) is 0.412. The number of rotatable bonds is 11. The van der Waals surface area contributed by atoms with Gasteiger partial charge >= 0.3 is 0 Å². The number of hydrogen-bond acceptors (Lipinski definition) is 11. The van der Waals surface area contributed by atoms with Crippen molar-refractivity contribution in [2.24, 2.45) is 16.7 Å². The number of carbonyl (C=O) groups is 1. The first-order valence-electron chi connectivity index (χ1n) is 24.2. The Morgan fingerprint density at radius 2 is 1.76 bits per heavy atom. The molecule has 354 valence electrons. The van der Waals surface area contributed by atoms with Gasteiger partial charge in [-0.05, 0) is 135 Å². The number of nitrogens with zero attached hydrogens (tertiary/aromatic N) is 4. The molecule has 5 aliphatic rings. The molecule has 4 fully saturated rings. The number of H-pyrrole nitrogens is 1. The van der Waals surface area contributed by atoms with E-state index in [0.29, 0.717) is 34.8 Å². The van der Waals surface area contributed by atoms with Crippen LogP contribution in [0, 0.1) is 33.8 Å². The number of nitro groups is 1. The lowest BCUT2D eigenvalue weighted by Gasteiger charge is -2.56. The van der Waals surface area contributed by atoms with Crippen molar-refractivity contribution in [3.8, 4) is 17.2 Å². The summed E-state index contributed by atoms with van der Waals surface area (Å²) in [4.78, 5) is 38.3. The molecule has 3 N–H and O–H groups in total. The minimum Gasteiger partial charge on any atom is -0.489 e. The number of anilines is 2. The van der Waals surface area contributed by atoms with Gasteiger partial charge in [-0.3, -0.25) is 19.8 Å². The van der Waals surface area contributed by atoms with Crippen LogP contribution in [-0.4, -0.2) is 72.4 Å². The van der Waals surface area contributed by atoms with Gasteiger partial charge in [0, 0.05) is 60.6 Å². The maximum absolute atomic E-state index is 14.2. The quantitative estimate of drug-likeness (QED) is 0.0850. The zero-order valence-electron chi connectivity index (χ0n) is 39.3. The van der Waals surface area contributed by atoms with Crippen LogP contribution in [0.5, 0.6) is 17.2 Å². The number of ether oxygens (including phenoxy) is 2. The first-order valence-corrected chi connectivity index (χ1v) is 25.7. The second kappa shape index (κ2) is 17.4. The molecule has 15 heteroatoms. The SMILES string of the molecule is Cc1c[nH]c2ncc(Oc3cc(N4CCC5(CC4)CC(N4CCC[C@H]4c4ccccc4C(C)C)C5)ccc3C(=O)NS(=O)(=O)c3cc4c(c([N+](=O)[O-])c3)N[C@@H](C3CCC(C)(C)CC3)CO4)cc12. The van der Waals surface area contributed by atoms with Gasteiger partial charge in [-0.25, -0.2) is 18.1 Å². The summed E-state index contributed by atoms with van der Waals surface area (Å²) in [6.45, 7) is 14.1. The Bertz CT molecular complexity index is 2820. The Morgan fingerprint density at radius 1 is 1.00 bits per heavy atom. The molecule has 5 heterocycles. The lowest BCUT2D eigenvalue weighted by atomic mass is 9.59. The fourth-order valence-corrected chi connectivity index (χ4v) is 12.9. The summed E-state index contributed by atoms with van der Waals surface area (Å²) in [5, 5.41) is 16.6. The van der Waals surface area contributed by atoms with Crippen molar-refractivity contribution in [3.05, 3.63) is 105 Å². The van der Waals surface area contributed by atoms with Crippen molar-refractivity contribution >= 4 is 44.0 Å². The number of nitrogens with one attached hydrogen (secondary N) is 3. The Labute approximate surface area is 393 Å². The molecule has 1 amide bonds. The largest absolute Gasteiger partial charge is 0.489 e. The Morgan fingerprint density at radius 3 is 2.51 bits per heavy atom. The van der Waals surface area contributed by atoms with Gasteiger partial charge in [-0.1, -0.05) is 52.0 Å². The van der Waals surface area contributed by atoms with Crippen LogP contribution in [0.25, 0.3) is 11.0 Å². The molecule has 2 atom stereocenters.